The zero-order valence-corrected chi connectivity index (χ0v) is 15.3. The van der Waals surface area contributed by atoms with Crippen LogP contribution < -0.4 is 4.74 Å². The van der Waals surface area contributed by atoms with E-state index >= 15 is 0 Å². The molecule has 0 aromatic heterocycles. The van der Waals surface area contributed by atoms with Gasteiger partial charge in [-0.05, 0) is 36.5 Å². The number of ether oxygens (including phenoxy) is 1. The topological polar surface area (TPSA) is 12.5 Å². The van der Waals surface area contributed by atoms with E-state index in [9.17, 15) is 0 Å². The molecule has 0 N–H and O–H groups in total. The van der Waals surface area contributed by atoms with E-state index in [-0.39, 0.29) is 6.10 Å². The first-order chi connectivity index (χ1) is 11.7. The molecule has 5 rings (SSSR count). The van der Waals surface area contributed by atoms with Gasteiger partial charge in [0, 0.05) is 35.4 Å². The van der Waals surface area contributed by atoms with E-state index in [0.717, 1.165) is 12.2 Å². The molecule has 3 aliphatic heterocycles. The fourth-order valence-electron chi connectivity index (χ4n) is 4.26. The summed E-state index contributed by atoms with van der Waals surface area (Å²) in [7, 11) is -0.720. The first kappa shape index (κ1) is 14.2. The highest BCUT2D eigenvalue weighted by Crippen LogP contribution is 2.45. The summed E-state index contributed by atoms with van der Waals surface area (Å²) in [6.45, 7) is 4.82. The van der Waals surface area contributed by atoms with Crippen LogP contribution in [0.3, 0.4) is 0 Å². The largest absolute Gasteiger partial charge is 0.485 e. The number of benzene rings is 1. The van der Waals surface area contributed by atoms with E-state index in [1.54, 1.807) is 5.20 Å². The van der Waals surface area contributed by atoms with Crippen molar-refractivity contribution < 1.29 is 4.74 Å². The van der Waals surface area contributed by atoms with Crippen LogP contribution in [-0.4, -0.2) is 25.8 Å². The highest BCUT2D eigenvalue weighted by atomic mass is 28.3. The maximum atomic E-state index is 6.15. The number of allylic oxidation sites excluding steroid dienone is 1. The van der Waals surface area contributed by atoms with Gasteiger partial charge in [0.2, 0.25) is 0 Å². The molecule has 24 heavy (non-hydrogen) atoms. The Kier molecular flexibility index (Phi) is 3.05. The average molecular weight is 331 g/mol. The highest BCUT2D eigenvalue weighted by Gasteiger charge is 2.37. The molecular weight excluding hydrogens is 310 g/mol. The maximum Gasteiger partial charge on any atom is 0.129 e. The van der Waals surface area contributed by atoms with E-state index in [2.05, 4.69) is 66.5 Å². The summed E-state index contributed by atoms with van der Waals surface area (Å²) in [5.74, 6) is 4.44. The van der Waals surface area contributed by atoms with Crippen molar-refractivity contribution in [1.82, 2.24) is 4.90 Å². The number of rotatable bonds is 1. The Morgan fingerprint density at radius 3 is 3.00 bits per heavy atom. The molecule has 0 saturated carbocycles. The fourth-order valence-corrected chi connectivity index (χ4v) is 5.46. The van der Waals surface area contributed by atoms with Crippen molar-refractivity contribution in [3.8, 4) is 17.7 Å². The molecule has 2 unspecified atom stereocenters. The summed E-state index contributed by atoms with van der Waals surface area (Å²) in [5, 5.41) is 1.65. The summed E-state index contributed by atoms with van der Waals surface area (Å²) in [4.78, 5) is 2.28. The molecular formula is C21H21NOSi. The molecule has 0 fully saturated rings. The van der Waals surface area contributed by atoms with Gasteiger partial charge in [0.15, 0.2) is 0 Å². The van der Waals surface area contributed by atoms with Crippen molar-refractivity contribution >= 4 is 14.4 Å². The molecule has 0 bridgehead atoms. The molecule has 0 amide bonds. The van der Waals surface area contributed by atoms with Gasteiger partial charge in [0.25, 0.3) is 0 Å². The zero-order valence-electron chi connectivity index (χ0n) is 14.2. The number of hydrogen-bond donors (Lipinski definition) is 0. The van der Waals surface area contributed by atoms with Crippen LogP contribution in [0.2, 0.25) is 13.1 Å². The number of fused-ring (bicyclic) bond motifs is 5. The van der Waals surface area contributed by atoms with E-state index in [0.29, 0.717) is 6.04 Å². The van der Waals surface area contributed by atoms with Gasteiger partial charge in [0.05, 0.1) is 14.8 Å². The molecule has 2 nitrogen and oxygen atoms in total. The monoisotopic (exact) mass is 331 g/mol. The summed E-state index contributed by atoms with van der Waals surface area (Å²) < 4.78 is 6.15. The van der Waals surface area contributed by atoms with Crippen molar-refractivity contribution in [2.24, 2.45) is 0 Å². The van der Waals surface area contributed by atoms with Crippen LogP contribution in [0.15, 0.2) is 52.9 Å². The molecule has 1 aromatic rings. The zero-order chi connectivity index (χ0) is 16.3. The average Bonchev–Trinajstić information content (AvgIpc) is 2.96. The van der Waals surface area contributed by atoms with Gasteiger partial charge in [-0.1, -0.05) is 36.5 Å². The van der Waals surface area contributed by atoms with Crippen LogP contribution >= 0.6 is 0 Å². The Balaban J connectivity index is 1.55. The fraction of sp³-hybridized carbons (Fsp3) is 0.333. The van der Waals surface area contributed by atoms with Gasteiger partial charge in [-0.2, -0.15) is 0 Å². The number of para-hydroxylation sites is 1. The van der Waals surface area contributed by atoms with Gasteiger partial charge >= 0.3 is 0 Å². The SMILES string of the molecule is C[SiH](C)C1=CN2C#CC3=C(C=C4c5ccccc5OC4C3)C2CC1. The predicted octanol–water partition coefficient (Wildman–Crippen LogP) is 3.88. The first-order valence-electron chi connectivity index (χ1n) is 8.92. The predicted molar refractivity (Wildman–Crippen MR) is 100 cm³/mol. The van der Waals surface area contributed by atoms with Crippen molar-refractivity contribution in [2.45, 2.75) is 44.5 Å². The Morgan fingerprint density at radius 1 is 1.25 bits per heavy atom. The highest BCUT2D eigenvalue weighted by molar-refractivity contribution is 6.63. The van der Waals surface area contributed by atoms with E-state index in [4.69, 9.17) is 4.74 Å². The summed E-state index contributed by atoms with van der Waals surface area (Å²) in [6, 6.07) is 12.2. The number of nitrogens with zero attached hydrogens (tertiary/aromatic N) is 1. The Hall–Kier alpha value is -2.18. The van der Waals surface area contributed by atoms with Crippen LogP contribution in [0.1, 0.15) is 24.8 Å². The minimum Gasteiger partial charge on any atom is -0.485 e. The normalized spacial score (nSPS) is 26.4. The quantitative estimate of drug-likeness (QED) is 0.572. The minimum absolute atomic E-state index is 0.153. The van der Waals surface area contributed by atoms with Crippen LogP contribution in [0.25, 0.3) is 5.57 Å². The molecule has 1 aromatic carbocycles. The van der Waals surface area contributed by atoms with Gasteiger partial charge in [-0.25, -0.2) is 0 Å². The molecule has 3 heterocycles. The molecule has 1 aliphatic carbocycles. The Bertz CT molecular complexity index is 881. The molecule has 0 spiro atoms. The minimum atomic E-state index is -0.720. The van der Waals surface area contributed by atoms with Gasteiger partial charge in [-0.3, -0.25) is 0 Å². The second-order valence-electron chi connectivity index (χ2n) is 7.40. The van der Waals surface area contributed by atoms with E-state index in [1.165, 1.54) is 35.1 Å². The first-order valence-corrected chi connectivity index (χ1v) is 11.8. The van der Waals surface area contributed by atoms with Crippen LogP contribution in [0.5, 0.6) is 5.75 Å². The third-order valence-corrected chi connectivity index (χ3v) is 7.57. The lowest BCUT2D eigenvalue weighted by molar-refractivity contribution is 0.273. The van der Waals surface area contributed by atoms with Crippen LogP contribution in [0, 0.1) is 12.0 Å². The summed E-state index contributed by atoms with van der Waals surface area (Å²) in [6.07, 6.45) is 8.24. The third kappa shape index (κ3) is 2.03. The molecule has 2 atom stereocenters. The molecule has 120 valence electrons. The smallest absolute Gasteiger partial charge is 0.129 e. The number of hydrogen-bond acceptors (Lipinski definition) is 2. The maximum absolute atomic E-state index is 6.15. The third-order valence-electron chi connectivity index (χ3n) is 5.65. The van der Waals surface area contributed by atoms with Gasteiger partial charge in [0.1, 0.15) is 11.9 Å². The Labute approximate surface area is 145 Å². The second kappa shape index (κ2) is 5.16. The second-order valence-corrected chi connectivity index (χ2v) is 10.4. The van der Waals surface area contributed by atoms with E-state index in [1.807, 2.05) is 0 Å². The lowest BCUT2D eigenvalue weighted by Crippen LogP contribution is -2.37. The molecule has 4 aliphatic rings. The standard InChI is InChI=1S/C21H21NOSi/c1-24(2)15-7-8-19-17-12-18-16-5-3-4-6-20(16)23-21(18)11-14(17)9-10-22(19)13-15/h3-6,12-13,19,21,24H,7-8,11H2,1-2H3. The summed E-state index contributed by atoms with van der Waals surface area (Å²) >= 11 is 0. The molecule has 0 saturated heterocycles. The van der Waals surface area contributed by atoms with Crippen molar-refractivity contribution in [3.63, 3.8) is 0 Å². The van der Waals surface area contributed by atoms with Crippen LogP contribution in [0.4, 0.5) is 0 Å². The van der Waals surface area contributed by atoms with Gasteiger partial charge < -0.3 is 9.64 Å². The lowest BCUT2D eigenvalue weighted by atomic mass is 9.82. The molecule has 0 radical (unpaired) electrons. The van der Waals surface area contributed by atoms with Crippen molar-refractivity contribution in [2.75, 3.05) is 0 Å². The summed E-state index contributed by atoms with van der Waals surface area (Å²) in [5.41, 5.74) is 5.33. The lowest BCUT2D eigenvalue weighted by Gasteiger charge is -2.37. The van der Waals surface area contributed by atoms with Crippen molar-refractivity contribution in [3.05, 3.63) is 58.4 Å². The molecule has 3 heteroatoms. The van der Waals surface area contributed by atoms with Gasteiger partial charge in [-0.15, -0.1) is 0 Å². The van der Waals surface area contributed by atoms with E-state index < -0.39 is 8.80 Å². The van der Waals surface area contributed by atoms with Crippen LogP contribution in [-0.2, 0) is 0 Å². The Morgan fingerprint density at radius 2 is 2.12 bits per heavy atom. The van der Waals surface area contributed by atoms with Crippen molar-refractivity contribution in [1.29, 1.82) is 0 Å².